The molecule has 4 nitrogen and oxygen atoms in total. The van der Waals surface area contributed by atoms with E-state index in [0.717, 1.165) is 44.1 Å². The molecule has 134 valence electrons. The fourth-order valence-electron chi connectivity index (χ4n) is 3.20. The lowest BCUT2D eigenvalue weighted by Gasteiger charge is -2.06. The van der Waals surface area contributed by atoms with Crippen LogP contribution in [0, 0.1) is 0 Å². The SMILES string of the molecule is CCCc1cc(C(=O)Nc2sc3c(c2C(=O)OC)CCCCC3)cs1. The molecule has 0 spiro atoms. The number of rotatable bonds is 5. The van der Waals surface area contributed by atoms with Crippen molar-refractivity contribution in [3.63, 3.8) is 0 Å². The summed E-state index contributed by atoms with van der Waals surface area (Å²) in [7, 11) is 1.39. The molecular weight excluding hydrogens is 354 g/mol. The van der Waals surface area contributed by atoms with Gasteiger partial charge in [-0.05, 0) is 43.7 Å². The van der Waals surface area contributed by atoms with Crippen LogP contribution >= 0.6 is 22.7 Å². The van der Waals surface area contributed by atoms with Gasteiger partial charge in [-0.1, -0.05) is 19.8 Å². The van der Waals surface area contributed by atoms with Crippen LogP contribution in [0.15, 0.2) is 11.4 Å². The summed E-state index contributed by atoms with van der Waals surface area (Å²) in [4.78, 5) is 27.4. The number of aryl methyl sites for hydroxylation is 2. The zero-order valence-electron chi connectivity index (χ0n) is 14.6. The molecule has 1 aliphatic carbocycles. The predicted octanol–water partition coefficient (Wildman–Crippen LogP) is 5.07. The highest BCUT2D eigenvalue weighted by Crippen LogP contribution is 2.38. The van der Waals surface area contributed by atoms with E-state index in [-0.39, 0.29) is 11.9 Å². The number of anilines is 1. The molecule has 3 rings (SSSR count). The Labute approximate surface area is 156 Å². The Bertz CT molecular complexity index is 776. The largest absolute Gasteiger partial charge is 0.465 e. The number of carbonyl (C=O) groups excluding carboxylic acids is 2. The van der Waals surface area contributed by atoms with E-state index in [1.54, 1.807) is 11.3 Å². The minimum atomic E-state index is -0.355. The van der Waals surface area contributed by atoms with Gasteiger partial charge in [0.05, 0.1) is 18.2 Å². The van der Waals surface area contributed by atoms with Gasteiger partial charge in [0, 0.05) is 15.1 Å². The molecule has 1 amide bonds. The Morgan fingerprint density at radius 2 is 2.04 bits per heavy atom. The van der Waals surface area contributed by atoms with Gasteiger partial charge in [0.1, 0.15) is 5.00 Å². The van der Waals surface area contributed by atoms with Crippen LogP contribution in [0.25, 0.3) is 0 Å². The van der Waals surface area contributed by atoms with Gasteiger partial charge in [-0.25, -0.2) is 4.79 Å². The van der Waals surface area contributed by atoms with E-state index in [9.17, 15) is 9.59 Å². The molecule has 25 heavy (non-hydrogen) atoms. The lowest BCUT2D eigenvalue weighted by molar-refractivity contribution is 0.0601. The van der Waals surface area contributed by atoms with Crippen molar-refractivity contribution < 1.29 is 14.3 Å². The summed E-state index contributed by atoms with van der Waals surface area (Å²) in [6.45, 7) is 2.13. The average Bonchev–Trinajstić information content (AvgIpc) is 3.13. The third kappa shape index (κ3) is 3.96. The monoisotopic (exact) mass is 377 g/mol. The van der Waals surface area contributed by atoms with Gasteiger partial charge < -0.3 is 10.1 Å². The van der Waals surface area contributed by atoms with Crippen LogP contribution in [0.4, 0.5) is 5.00 Å². The summed E-state index contributed by atoms with van der Waals surface area (Å²) >= 11 is 3.14. The van der Waals surface area contributed by atoms with Crippen molar-refractivity contribution in [1.82, 2.24) is 0 Å². The van der Waals surface area contributed by atoms with Gasteiger partial charge in [0.15, 0.2) is 0 Å². The summed E-state index contributed by atoms with van der Waals surface area (Å²) in [6.07, 6.45) is 7.28. The van der Waals surface area contributed by atoms with Gasteiger partial charge in [-0.2, -0.15) is 0 Å². The van der Waals surface area contributed by atoms with Crippen LogP contribution in [0.1, 0.15) is 68.6 Å². The topological polar surface area (TPSA) is 55.4 Å². The van der Waals surface area contributed by atoms with Crippen molar-refractivity contribution in [3.8, 4) is 0 Å². The number of amides is 1. The van der Waals surface area contributed by atoms with Gasteiger partial charge in [-0.15, -0.1) is 22.7 Å². The van der Waals surface area contributed by atoms with E-state index >= 15 is 0 Å². The first-order chi connectivity index (χ1) is 12.1. The maximum atomic E-state index is 12.6. The molecule has 0 radical (unpaired) electrons. The third-order valence-electron chi connectivity index (χ3n) is 4.45. The second kappa shape index (κ2) is 8.15. The number of hydrogen-bond acceptors (Lipinski definition) is 5. The number of thiophene rings is 2. The van der Waals surface area contributed by atoms with E-state index in [1.165, 1.54) is 34.6 Å². The van der Waals surface area contributed by atoms with E-state index in [1.807, 2.05) is 11.4 Å². The van der Waals surface area contributed by atoms with E-state index in [2.05, 4.69) is 12.2 Å². The second-order valence-electron chi connectivity index (χ2n) is 6.27. The highest BCUT2D eigenvalue weighted by Gasteiger charge is 2.26. The Morgan fingerprint density at radius 3 is 2.80 bits per heavy atom. The Balaban J connectivity index is 1.88. The summed E-state index contributed by atoms with van der Waals surface area (Å²) in [6, 6.07) is 1.94. The molecule has 0 bridgehead atoms. The van der Waals surface area contributed by atoms with Crippen molar-refractivity contribution >= 4 is 39.6 Å². The van der Waals surface area contributed by atoms with Crippen molar-refractivity contribution in [3.05, 3.63) is 37.9 Å². The van der Waals surface area contributed by atoms with Crippen molar-refractivity contribution in [1.29, 1.82) is 0 Å². The lowest BCUT2D eigenvalue weighted by Crippen LogP contribution is -2.14. The molecule has 2 heterocycles. The number of ether oxygens (including phenoxy) is 1. The standard InChI is InChI=1S/C19H23NO3S2/c1-3-7-13-10-12(11-24-13)17(21)20-18-16(19(22)23-2)14-8-5-4-6-9-15(14)25-18/h10-11H,3-9H2,1-2H3,(H,20,21). The first-order valence-electron chi connectivity index (χ1n) is 8.75. The number of methoxy groups -OCH3 is 1. The smallest absolute Gasteiger partial charge is 0.341 e. The van der Waals surface area contributed by atoms with Crippen LogP contribution in [-0.4, -0.2) is 19.0 Å². The quantitative estimate of drug-likeness (QED) is 0.585. The number of nitrogens with one attached hydrogen (secondary N) is 1. The van der Waals surface area contributed by atoms with Crippen LogP contribution in [-0.2, 0) is 24.0 Å². The second-order valence-corrected chi connectivity index (χ2v) is 8.37. The number of carbonyl (C=O) groups is 2. The molecule has 0 aromatic carbocycles. The van der Waals surface area contributed by atoms with Gasteiger partial charge in [-0.3, -0.25) is 4.79 Å². The zero-order valence-corrected chi connectivity index (χ0v) is 16.3. The zero-order chi connectivity index (χ0) is 17.8. The lowest BCUT2D eigenvalue weighted by atomic mass is 10.1. The fourth-order valence-corrected chi connectivity index (χ4v) is 5.44. The summed E-state index contributed by atoms with van der Waals surface area (Å²) in [5, 5.41) is 5.48. The van der Waals surface area contributed by atoms with Gasteiger partial charge in [0.2, 0.25) is 0 Å². The average molecular weight is 378 g/mol. The molecule has 2 aromatic rings. The maximum Gasteiger partial charge on any atom is 0.341 e. The first kappa shape index (κ1) is 18.1. The van der Waals surface area contributed by atoms with Crippen LogP contribution in [0.3, 0.4) is 0 Å². The molecule has 0 atom stereocenters. The molecule has 0 fully saturated rings. The molecule has 2 aromatic heterocycles. The number of hydrogen-bond donors (Lipinski definition) is 1. The number of esters is 1. The maximum absolute atomic E-state index is 12.6. The fraction of sp³-hybridized carbons (Fsp3) is 0.474. The highest BCUT2D eigenvalue weighted by atomic mass is 32.1. The van der Waals surface area contributed by atoms with Crippen molar-refractivity contribution in [2.75, 3.05) is 12.4 Å². The molecule has 0 saturated carbocycles. The first-order valence-corrected chi connectivity index (χ1v) is 10.4. The molecule has 0 aliphatic heterocycles. The Kier molecular flexibility index (Phi) is 5.91. The molecule has 1 N–H and O–H groups in total. The predicted molar refractivity (Wildman–Crippen MR) is 103 cm³/mol. The minimum Gasteiger partial charge on any atom is -0.465 e. The molecule has 6 heteroatoms. The normalized spacial score (nSPS) is 13.8. The molecule has 0 saturated heterocycles. The van der Waals surface area contributed by atoms with E-state index in [0.29, 0.717) is 16.1 Å². The Hall–Kier alpha value is -1.66. The highest BCUT2D eigenvalue weighted by molar-refractivity contribution is 7.17. The third-order valence-corrected chi connectivity index (χ3v) is 6.65. The van der Waals surface area contributed by atoms with Crippen LogP contribution < -0.4 is 5.32 Å². The minimum absolute atomic E-state index is 0.153. The summed E-state index contributed by atoms with van der Waals surface area (Å²) in [5.74, 6) is -0.508. The summed E-state index contributed by atoms with van der Waals surface area (Å²) < 4.78 is 4.98. The van der Waals surface area contributed by atoms with Crippen LogP contribution in [0.5, 0.6) is 0 Å². The molecule has 0 unspecified atom stereocenters. The van der Waals surface area contributed by atoms with Gasteiger partial charge in [0.25, 0.3) is 5.91 Å². The molecule has 1 aliphatic rings. The van der Waals surface area contributed by atoms with Crippen molar-refractivity contribution in [2.24, 2.45) is 0 Å². The Morgan fingerprint density at radius 1 is 1.24 bits per heavy atom. The van der Waals surface area contributed by atoms with E-state index < -0.39 is 0 Å². The van der Waals surface area contributed by atoms with Crippen molar-refractivity contribution in [2.45, 2.75) is 51.9 Å². The van der Waals surface area contributed by atoms with Gasteiger partial charge >= 0.3 is 5.97 Å². The molecular formula is C19H23NO3S2. The van der Waals surface area contributed by atoms with Crippen LogP contribution in [0.2, 0.25) is 0 Å². The van der Waals surface area contributed by atoms with E-state index in [4.69, 9.17) is 4.74 Å². The number of fused-ring (bicyclic) bond motifs is 1. The summed E-state index contributed by atoms with van der Waals surface area (Å²) in [5.41, 5.74) is 2.29.